The van der Waals surface area contributed by atoms with Crippen LogP contribution in [0.5, 0.6) is 0 Å². The number of nitrogens with zero attached hydrogens (tertiary/aromatic N) is 3. The summed E-state index contributed by atoms with van der Waals surface area (Å²) in [4.78, 5) is 18.7. The molecule has 3 atom stereocenters. The number of hydrogen-bond donors (Lipinski definition) is 1. The van der Waals surface area contributed by atoms with E-state index in [0.29, 0.717) is 13.0 Å². The van der Waals surface area contributed by atoms with Gasteiger partial charge in [0.05, 0.1) is 29.1 Å². The van der Waals surface area contributed by atoms with Gasteiger partial charge in [0.2, 0.25) is 5.91 Å². The van der Waals surface area contributed by atoms with Gasteiger partial charge in [0.1, 0.15) is 0 Å². The third-order valence-corrected chi connectivity index (χ3v) is 7.56. The molecule has 1 aliphatic rings. The molecule has 0 spiro atoms. The van der Waals surface area contributed by atoms with Crippen LogP contribution in [-0.2, 0) is 27.6 Å². The molecular formula is C19H26N4O3S. The third kappa shape index (κ3) is 4.39. The Labute approximate surface area is 160 Å². The van der Waals surface area contributed by atoms with Crippen LogP contribution in [0.1, 0.15) is 25.1 Å². The molecule has 0 radical (unpaired) electrons. The van der Waals surface area contributed by atoms with Crippen molar-refractivity contribution in [3.05, 3.63) is 54.1 Å². The molecule has 8 heteroatoms. The number of imidazole rings is 1. The highest BCUT2D eigenvalue weighted by molar-refractivity contribution is 7.92. The highest BCUT2D eigenvalue weighted by Crippen LogP contribution is 2.20. The maximum Gasteiger partial charge on any atom is 0.240 e. The minimum absolute atomic E-state index is 0.0112. The number of carbonyl (C=O) groups is 1. The Morgan fingerprint density at radius 3 is 2.70 bits per heavy atom. The van der Waals surface area contributed by atoms with E-state index in [4.69, 9.17) is 5.73 Å². The molecule has 146 valence electrons. The Balaban J connectivity index is 1.62. The van der Waals surface area contributed by atoms with Gasteiger partial charge in [-0.3, -0.25) is 4.79 Å². The van der Waals surface area contributed by atoms with Crippen LogP contribution in [-0.4, -0.2) is 58.4 Å². The second-order valence-electron chi connectivity index (χ2n) is 7.18. The van der Waals surface area contributed by atoms with E-state index < -0.39 is 21.1 Å². The van der Waals surface area contributed by atoms with Crippen molar-refractivity contribution in [3.8, 4) is 0 Å². The maximum absolute atomic E-state index is 12.7. The SMILES string of the molecule is CC1C(C)S(=O)(=O)CCN1C(=O)[C@@H](N)Cc1cn(Cc2ccccc2)cn1. The van der Waals surface area contributed by atoms with E-state index in [1.807, 2.05) is 41.1 Å². The molecule has 7 nitrogen and oxygen atoms in total. The van der Waals surface area contributed by atoms with Gasteiger partial charge < -0.3 is 15.2 Å². The number of amides is 1. The summed E-state index contributed by atoms with van der Waals surface area (Å²) in [5.41, 5.74) is 8.04. The fourth-order valence-corrected chi connectivity index (χ4v) is 4.97. The summed E-state index contributed by atoms with van der Waals surface area (Å²) in [5, 5.41) is -0.576. The molecule has 2 N–H and O–H groups in total. The Hall–Kier alpha value is -2.19. The van der Waals surface area contributed by atoms with Gasteiger partial charge in [0, 0.05) is 31.7 Å². The smallest absolute Gasteiger partial charge is 0.240 e. The van der Waals surface area contributed by atoms with Crippen molar-refractivity contribution in [1.29, 1.82) is 0 Å². The highest BCUT2D eigenvalue weighted by Gasteiger charge is 2.39. The van der Waals surface area contributed by atoms with Gasteiger partial charge in [0.15, 0.2) is 9.84 Å². The van der Waals surface area contributed by atoms with E-state index in [-0.39, 0.29) is 24.2 Å². The fourth-order valence-electron chi connectivity index (χ4n) is 3.40. The second-order valence-corrected chi connectivity index (χ2v) is 9.66. The molecule has 1 aromatic carbocycles. The van der Waals surface area contributed by atoms with Crippen LogP contribution in [0.15, 0.2) is 42.9 Å². The van der Waals surface area contributed by atoms with E-state index in [0.717, 1.165) is 5.69 Å². The van der Waals surface area contributed by atoms with Crippen LogP contribution in [0.2, 0.25) is 0 Å². The third-order valence-electron chi connectivity index (χ3n) is 5.28. The van der Waals surface area contributed by atoms with Gasteiger partial charge in [0.25, 0.3) is 0 Å². The standard InChI is InChI=1S/C19H26N4O3S/c1-14-15(2)27(25,26)9-8-23(14)19(24)18(20)10-17-12-22(13-21-17)11-16-6-4-3-5-7-16/h3-7,12-15,18H,8-11,20H2,1-2H3/t14?,15?,18-/m0/s1. The molecule has 0 saturated carbocycles. The molecule has 3 rings (SSSR count). The van der Waals surface area contributed by atoms with Gasteiger partial charge >= 0.3 is 0 Å². The molecule has 0 aliphatic carbocycles. The van der Waals surface area contributed by atoms with Crippen LogP contribution in [0.25, 0.3) is 0 Å². The Kier molecular flexibility index (Phi) is 5.67. The van der Waals surface area contributed by atoms with E-state index in [9.17, 15) is 13.2 Å². The van der Waals surface area contributed by atoms with E-state index in [2.05, 4.69) is 4.98 Å². The van der Waals surface area contributed by atoms with Gasteiger partial charge in [-0.1, -0.05) is 30.3 Å². The lowest BCUT2D eigenvalue weighted by Crippen LogP contribution is -2.58. The van der Waals surface area contributed by atoms with E-state index in [1.54, 1.807) is 25.1 Å². The largest absolute Gasteiger partial charge is 0.336 e. The zero-order valence-electron chi connectivity index (χ0n) is 15.7. The Morgan fingerprint density at radius 1 is 1.30 bits per heavy atom. The molecule has 1 fully saturated rings. The average molecular weight is 391 g/mol. The minimum atomic E-state index is -3.14. The van der Waals surface area contributed by atoms with Crippen molar-refractivity contribution in [1.82, 2.24) is 14.5 Å². The number of nitrogens with two attached hydrogens (primary N) is 1. The van der Waals surface area contributed by atoms with Crippen LogP contribution in [0.4, 0.5) is 0 Å². The summed E-state index contributed by atoms with van der Waals surface area (Å²) in [7, 11) is -3.14. The minimum Gasteiger partial charge on any atom is -0.336 e. The predicted molar refractivity (Wildman–Crippen MR) is 104 cm³/mol. The first-order valence-corrected chi connectivity index (χ1v) is 10.8. The monoisotopic (exact) mass is 390 g/mol. The normalized spacial score (nSPS) is 23.1. The molecule has 0 bridgehead atoms. The molecule has 2 heterocycles. The Morgan fingerprint density at radius 2 is 2.00 bits per heavy atom. The zero-order chi connectivity index (χ0) is 19.6. The van der Waals surface area contributed by atoms with Crippen molar-refractivity contribution < 1.29 is 13.2 Å². The number of aromatic nitrogens is 2. The van der Waals surface area contributed by atoms with Crippen LogP contribution < -0.4 is 5.73 Å². The highest BCUT2D eigenvalue weighted by atomic mass is 32.2. The summed E-state index contributed by atoms with van der Waals surface area (Å²) in [6.45, 7) is 4.31. The zero-order valence-corrected chi connectivity index (χ0v) is 16.5. The number of carbonyl (C=O) groups excluding carboxylic acids is 1. The lowest BCUT2D eigenvalue weighted by atomic mass is 10.1. The molecule has 1 saturated heterocycles. The van der Waals surface area contributed by atoms with Crippen molar-refractivity contribution in [3.63, 3.8) is 0 Å². The summed E-state index contributed by atoms with van der Waals surface area (Å²) in [6.07, 6.45) is 3.95. The molecule has 2 unspecified atom stereocenters. The maximum atomic E-state index is 12.7. The summed E-state index contributed by atoms with van der Waals surface area (Å²) >= 11 is 0. The summed E-state index contributed by atoms with van der Waals surface area (Å²) in [6, 6.07) is 8.93. The topological polar surface area (TPSA) is 98.3 Å². The number of rotatable bonds is 5. The summed E-state index contributed by atoms with van der Waals surface area (Å²) in [5.74, 6) is -0.232. The van der Waals surface area contributed by atoms with Gasteiger partial charge in [-0.25, -0.2) is 13.4 Å². The molecule has 27 heavy (non-hydrogen) atoms. The van der Waals surface area contributed by atoms with Gasteiger partial charge in [-0.15, -0.1) is 0 Å². The van der Waals surface area contributed by atoms with E-state index >= 15 is 0 Å². The first-order chi connectivity index (χ1) is 12.8. The second kappa shape index (κ2) is 7.82. The Bertz CT molecular complexity index is 895. The summed E-state index contributed by atoms with van der Waals surface area (Å²) < 4.78 is 25.9. The van der Waals surface area contributed by atoms with Crippen LogP contribution >= 0.6 is 0 Å². The fraction of sp³-hybridized carbons (Fsp3) is 0.474. The molecular weight excluding hydrogens is 364 g/mol. The average Bonchev–Trinajstić information content (AvgIpc) is 3.07. The molecule has 1 aliphatic heterocycles. The van der Waals surface area contributed by atoms with Crippen LogP contribution in [0.3, 0.4) is 0 Å². The lowest BCUT2D eigenvalue weighted by Gasteiger charge is -2.38. The van der Waals surface area contributed by atoms with Crippen molar-refractivity contribution in [2.45, 2.75) is 44.1 Å². The van der Waals surface area contributed by atoms with Crippen molar-refractivity contribution in [2.75, 3.05) is 12.3 Å². The quantitative estimate of drug-likeness (QED) is 0.816. The van der Waals surface area contributed by atoms with Crippen molar-refractivity contribution in [2.24, 2.45) is 5.73 Å². The molecule has 1 aromatic heterocycles. The molecule has 2 aromatic rings. The van der Waals surface area contributed by atoms with Gasteiger partial charge in [-0.05, 0) is 19.4 Å². The number of benzene rings is 1. The number of sulfone groups is 1. The van der Waals surface area contributed by atoms with E-state index in [1.165, 1.54) is 5.56 Å². The lowest BCUT2D eigenvalue weighted by molar-refractivity contribution is -0.134. The first kappa shape index (κ1) is 19.6. The first-order valence-electron chi connectivity index (χ1n) is 9.10. The van der Waals surface area contributed by atoms with Crippen LogP contribution in [0, 0.1) is 0 Å². The van der Waals surface area contributed by atoms with Gasteiger partial charge in [-0.2, -0.15) is 0 Å². The molecule has 1 amide bonds. The number of hydrogen-bond acceptors (Lipinski definition) is 5. The van der Waals surface area contributed by atoms with Crippen molar-refractivity contribution >= 4 is 15.7 Å². The predicted octanol–water partition coefficient (Wildman–Crippen LogP) is 0.835.